The van der Waals surface area contributed by atoms with Crippen LogP contribution in [0.2, 0.25) is 0 Å². The number of nitrogens with zero attached hydrogens (tertiary/aromatic N) is 2. The van der Waals surface area contributed by atoms with Crippen LogP contribution >= 0.6 is 11.3 Å². The van der Waals surface area contributed by atoms with E-state index in [4.69, 9.17) is 9.84 Å². The normalized spacial score (nSPS) is 12.0. The van der Waals surface area contributed by atoms with Crippen LogP contribution in [0.4, 0.5) is 0 Å². The van der Waals surface area contributed by atoms with Gasteiger partial charge >= 0.3 is 0 Å². The van der Waals surface area contributed by atoms with Gasteiger partial charge in [-0.3, -0.25) is 9.89 Å². The third kappa shape index (κ3) is 4.57. The zero-order valence-corrected chi connectivity index (χ0v) is 17.3. The molecule has 154 valence electrons. The average molecular weight is 417 g/mol. The number of carbonyl (C=O) groups excluding carboxylic acids is 1. The van der Waals surface area contributed by atoms with E-state index in [0.717, 1.165) is 21.8 Å². The number of benzene rings is 1. The van der Waals surface area contributed by atoms with Crippen LogP contribution < -0.4 is 10.1 Å². The summed E-state index contributed by atoms with van der Waals surface area (Å²) in [6.45, 7) is 5.54. The molecule has 0 fully saturated rings. The molecule has 0 bridgehead atoms. The molecule has 0 saturated carbocycles. The number of H-pyrrole nitrogens is 1. The van der Waals surface area contributed by atoms with Crippen molar-refractivity contribution in [3.8, 4) is 33.3 Å². The number of amides is 1. The van der Waals surface area contributed by atoms with Gasteiger partial charge in [0.1, 0.15) is 16.5 Å². The fourth-order valence-corrected chi connectivity index (χ4v) is 3.71. The number of ether oxygens (including phenoxy) is 1. The number of phenols is 1. The molecule has 3 aromatic rings. The second-order valence-electron chi connectivity index (χ2n) is 6.56. The Morgan fingerprint density at radius 1 is 1.38 bits per heavy atom. The van der Waals surface area contributed by atoms with Crippen molar-refractivity contribution in [1.82, 2.24) is 20.5 Å². The summed E-state index contributed by atoms with van der Waals surface area (Å²) in [4.78, 5) is 16.5. The molecule has 9 heteroatoms. The van der Waals surface area contributed by atoms with Crippen molar-refractivity contribution in [3.05, 3.63) is 35.0 Å². The van der Waals surface area contributed by atoms with Crippen molar-refractivity contribution >= 4 is 17.2 Å². The molecule has 0 saturated heterocycles. The minimum absolute atomic E-state index is 0.0129. The summed E-state index contributed by atoms with van der Waals surface area (Å²) in [5, 5.41) is 31.9. The maximum atomic E-state index is 12.0. The van der Waals surface area contributed by atoms with Crippen LogP contribution in [0.5, 0.6) is 11.5 Å². The highest BCUT2D eigenvalue weighted by molar-refractivity contribution is 7.13. The van der Waals surface area contributed by atoms with Gasteiger partial charge in [0.25, 0.3) is 5.91 Å². The number of aliphatic hydroxyl groups excluding tert-OH is 1. The van der Waals surface area contributed by atoms with Crippen LogP contribution in [0.3, 0.4) is 0 Å². The average Bonchev–Trinajstić information content (AvgIpc) is 3.35. The number of phenolic OH excluding ortho intramolecular Hbond substituents is 1. The third-order valence-electron chi connectivity index (χ3n) is 4.40. The molecule has 3 rings (SSSR count). The molecule has 1 amide bonds. The van der Waals surface area contributed by atoms with Gasteiger partial charge < -0.3 is 20.3 Å². The molecule has 0 aliphatic carbocycles. The van der Waals surface area contributed by atoms with Crippen molar-refractivity contribution in [2.75, 3.05) is 13.2 Å². The molecular weight excluding hydrogens is 392 g/mol. The highest BCUT2D eigenvalue weighted by atomic mass is 32.1. The van der Waals surface area contributed by atoms with E-state index >= 15 is 0 Å². The second-order valence-corrected chi connectivity index (χ2v) is 7.42. The minimum Gasteiger partial charge on any atom is -0.507 e. The summed E-state index contributed by atoms with van der Waals surface area (Å²) in [6.07, 6.45) is 1.57. The van der Waals surface area contributed by atoms with Crippen molar-refractivity contribution in [1.29, 1.82) is 0 Å². The number of carbonyl (C=O) groups is 1. The van der Waals surface area contributed by atoms with Gasteiger partial charge in [0, 0.05) is 29.2 Å². The molecular formula is C20H24N4O4S. The van der Waals surface area contributed by atoms with Crippen LogP contribution in [0.25, 0.3) is 21.8 Å². The summed E-state index contributed by atoms with van der Waals surface area (Å²) < 4.78 is 5.78. The third-order valence-corrected chi connectivity index (χ3v) is 5.40. The first kappa shape index (κ1) is 20.8. The Kier molecular flexibility index (Phi) is 6.50. The first-order valence-corrected chi connectivity index (χ1v) is 10.2. The topological polar surface area (TPSA) is 120 Å². The highest BCUT2D eigenvalue weighted by Crippen LogP contribution is 2.40. The number of aromatic nitrogens is 3. The van der Waals surface area contributed by atoms with Gasteiger partial charge in [-0.15, -0.1) is 11.3 Å². The van der Waals surface area contributed by atoms with E-state index in [-0.39, 0.29) is 24.8 Å². The number of nitrogens with one attached hydrogen (secondary N) is 2. The number of aliphatic hydroxyl groups is 1. The van der Waals surface area contributed by atoms with Crippen LogP contribution in [-0.4, -0.2) is 50.6 Å². The zero-order valence-electron chi connectivity index (χ0n) is 16.5. The molecule has 4 N–H and O–H groups in total. The maximum absolute atomic E-state index is 12.0. The predicted octanol–water partition coefficient (Wildman–Crippen LogP) is 2.65. The number of rotatable bonds is 8. The Hall–Kier alpha value is -2.91. The lowest BCUT2D eigenvalue weighted by molar-refractivity contribution is -0.127. The smallest absolute Gasteiger partial charge is 0.260 e. The number of hydrogen-bond acceptors (Lipinski definition) is 7. The first-order valence-electron chi connectivity index (χ1n) is 9.31. The Morgan fingerprint density at radius 2 is 2.17 bits per heavy atom. The predicted molar refractivity (Wildman–Crippen MR) is 111 cm³/mol. The monoisotopic (exact) mass is 416 g/mol. The van der Waals surface area contributed by atoms with E-state index in [1.54, 1.807) is 13.1 Å². The maximum Gasteiger partial charge on any atom is 0.260 e. The van der Waals surface area contributed by atoms with E-state index in [2.05, 4.69) is 20.5 Å². The van der Waals surface area contributed by atoms with Crippen molar-refractivity contribution in [3.63, 3.8) is 0 Å². The second kappa shape index (κ2) is 9.06. The van der Waals surface area contributed by atoms with Gasteiger partial charge in [-0.25, -0.2) is 4.98 Å². The van der Waals surface area contributed by atoms with E-state index in [1.165, 1.54) is 17.4 Å². The van der Waals surface area contributed by atoms with Gasteiger partial charge in [-0.1, -0.05) is 6.92 Å². The van der Waals surface area contributed by atoms with Crippen LogP contribution in [0.15, 0.2) is 23.7 Å². The molecule has 0 spiro atoms. The molecule has 0 aliphatic heterocycles. The molecule has 0 aliphatic rings. The SMILES string of the molecule is CCc1cc(-c2[nH]ncc2-c2nc(C)cs2)c(O)cc1OC(C)C(=O)NCCO. The van der Waals surface area contributed by atoms with Crippen LogP contribution in [0, 0.1) is 6.92 Å². The molecule has 8 nitrogen and oxygen atoms in total. The largest absolute Gasteiger partial charge is 0.507 e. The Labute approximate surface area is 172 Å². The lowest BCUT2D eigenvalue weighted by atomic mass is 10.0. The zero-order chi connectivity index (χ0) is 21.0. The van der Waals surface area contributed by atoms with Gasteiger partial charge in [0.2, 0.25) is 0 Å². The Bertz CT molecular complexity index is 998. The summed E-state index contributed by atoms with van der Waals surface area (Å²) in [7, 11) is 0. The first-order chi connectivity index (χ1) is 13.9. The van der Waals surface area contributed by atoms with Crippen molar-refractivity contribution in [2.45, 2.75) is 33.3 Å². The molecule has 0 radical (unpaired) electrons. The van der Waals surface area contributed by atoms with Gasteiger partial charge in [-0.2, -0.15) is 5.10 Å². The minimum atomic E-state index is -0.766. The summed E-state index contributed by atoms with van der Waals surface area (Å²) in [6, 6.07) is 3.35. The Morgan fingerprint density at radius 3 is 2.83 bits per heavy atom. The fraction of sp³-hybridized carbons (Fsp3) is 0.350. The number of aromatic amines is 1. The lowest BCUT2D eigenvalue weighted by Gasteiger charge is -2.18. The summed E-state index contributed by atoms with van der Waals surface area (Å²) >= 11 is 1.51. The van der Waals surface area contributed by atoms with Crippen molar-refractivity contribution < 1.29 is 19.7 Å². The fourth-order valence-electron chi connectivity index (χ4n) is 2.90. The molecule has 29 heavy (non-hydrogen) atoms. The number of hydrogen-bond donors (Lipinski definition) is 4. The van der Waals surface area contributed by atoms with E-state index < -0.39 is 6.10 Å². The summed E-state index contributed by atoms with van der Waals surface area (Å²) in [5.74, 6) is 0.116. The van der Waals surface area contributed by atoms with Crippen molar-refractivity contribution in [2.24, 2.45) is 0 Å². The number of aromatic hydroxyl groups is 1. The molecule has 2 aromatic heterocycles. The molecule has 1 aromatic carbocycles. The molecule has 1 atom stereocenters. The van der Waals surface area contributed by atoms with Crippen LogP contribution in [0.1, 0.15) is 25.1 Å². The number of thiazole rings is 1. The van der Waals surface area contributed by atoms with E-state index in [9.17, 15) is 9.90 Å². The van der Waals surface area contributed by atoms with E-state index in [0.29, 0.717) is 23.4 Å². The van der Waals surface area contributed by atoms with Gasteiger partial charge in [0.05, 0.1) is 24.1 Å². The lowest BCUT2D eigenvalue weighted by Crippen LogP contribution is -2.37. The molecule has 2 heterocycles. The van der Waals surface area contributed by atoms with E-state index in [1.807, 2.05) is 25.3 Å². The standard InChI is InChI=1S/C20H24N4O4S/c1-4-13-7-14(18-15(9-22-24-18)20-23-11(2)10-29-20)16(26)8-17(13)28-12(3)19(27)21-5-6-25/h7-10,12,25-26H,4-6H2,1-3H3,(H,21,27)(H,22,24). The highest BCUT2D eigenvalue weighted by Gasteiger charge is 2.21. The Balaban J connectivity index is 1.92. The van der Waals surface area contributed by atoms with Gasteiger partial charge in [-0.05, 0) is 31.9 Å². The molecule has 1 unspecified atom stereocenters. The summed E-state index contributed by atoms with van der Waals surface area (Å²) in [5.41, 5.74) is 3.84. The number of aryl methyl sites for hydroxylation is 2. The van der Waals surface area contributed by atoms with Gasteiger partial charge in [0.15, 0.2) is 6.10 Å². The van der Waals surface area contributed by atoms with Crippen LogP contribution in [-0.2, 0) is 11.2 Å². The quantitative estimate of drug-likeness (QED) is 0.448.